The number of pyridine rings is 1. The van der Waals surface area contributed by atoms with Crippen LogP contribution in [0.3, 0.4) is 0 Å². The molecule has 0 unspecified atom stereocenters. The number of nitrogens with zero attached hydrogens (tertiary/aromatic N) is 1. The van der Waals surface area contributed by atoms with Crippen LogP contribution in [0.4, 0.5) is 0 Å². The summed E-state index contributed by atoms with van der Waals surface area (Å²) in [7, 11) is 1.44. The fourth-order valence-electron chi connectivity index (χ4n) is 3.89. The molecule has 2 aromatic heterocycles. The normalized spacial score (nSPS) is 13.2. The summed E-state index contributed by atoms with van der Waals surface area (Å²) in [4.78, 5) is 17.4. The lowest BCUT2D eigenvalue weighted by Gasteiger charge is -2.18. The highest BCUT2D eigenvalue weighted by Crippen LogP contribution is 2.44. The van der Waals surface area contributed by atoms with E-state index in [9.17, 15) is 4.79 Å². The standard InChI is InChI=1S/C24H23NO4S/c1-13-10-18(16-7-8-16)11-14(2)19(13)20-22(29-24(30)27-4)15(3)21(28-23(20)26)17-6-5-9-25-12-17/h5-6,9-12,16H,7-8H2,1-4H3. The SMILES string of the molecule is COC(=S)Oc1c(C)c(-c2cccnc2)oc(=O)c1-c1c(C)cc(C2CC2)cc1C. The van der Waals surface area contributed by atoms with Crippen molar-refractivity contribution in [1.82, 2.24) is 4.98 Å². The van der Waals surface area contributed by atoms with Gasteiger partial charge in [0.1, 0.15) is 11.3 Å². The van der Waals surface area contributed by atoms with Crippen molar-refractivity contribution in [3.8, 4) is 28.2 Å². The third kappa shape index (κ3) is 3.75. The molecule has 0 radical (unpaired) electrons. The van der Waals surface area contributed by atoms with Gasteiger partial charge < -0.3 is 13.9 Å². The van der Waals surface area contributed by atoms with E-state index < -0.39 is 5.63 Å². The second kappa shape index (κ2) is 8.03. The summed E-state index contributed by atoms with van der Waals surface area (Å²) in [6.07, 6.45) is 5.74. The zero-order valence-corrected chi connectivity index (χ0v) is 18.3. The highest BCUT2D eigenvalue weighted by molar-refractivity contribution is 7.79. The highest BCUT2D eigenvalue weighted by atomic mass is 32.1. The van der Waals surface area contributed by atoms with Gasteiger partial charge in [-0.2, -0.15) is 0 Å². The third-order valence-electron chi connectivity index (χ3n) is 5.44. The molecule has 0 saturated heterocycles. The molecular formula is C24H23NO4S. The van der Waals surface area contributed by atoms with Gasteiger partial charge in [0.05, 0.1) is 7.11 Å². The topological polar surface area (TPSA) is 61.6 Å². The predicted octanol–water partition coefficient (Wildman–Crippen LogP) is 5.48. The molecule has 5 nitrogen and oxygen atoms in total. The van der Waals surface area contributed by atoms with Gasteiger partial charge in [0, 0.05) is 35.7 Å². The van der Waals surface area contributed by atoms with Gasteiger partial charge in [0.2, 0.25) is 0 Å². The van der Waals surface area contributed by atoms with E-state index in [-0.39, 0.29) is 5.24 Å². The van der Waals surface area contributed by atoms with Crippen LogP contribution in [0.1, 0.15) is 41.0 Å². The Morgan fingerprint density at radius 1 is 1.17 bits per heavy atom. The molecule has 0 spiro atoms. The summed E-state index contributed by atoms with van der Waals surface area (Å²) < 4.78 is 16.7. The molecule has 3 aromatic rings. The molecule has 6 heteroatoms. The van der Waals surface area contributed by atoms with Crippen LogP contribution >= 0.6 is 12.2 Å². The molecule has 0 atom stereocenters. The lowest BCUT2D eigenvalue weighted by atomic mass is 9.91. The first kappa shape index (κ1) is 20.3. The molecule has 0 aliphatic heterocycles. The van der Waals surface area contributed by atoms with Crippen LogP contribution in [-0.2, 0) is 4.74 Å². The van der Waals surface area contributed by atoms with E-state index in [1.807, 2.05) is 26.8 Å². The van der Waals surface area contributed by atoms with E-state index in [2.05, 4.69) is 17.1 Å². The van der Waals surface area contributed by atoms with Crippen molar-refractivity contribution >= 4 is 17.5 Å². The van der Waals surface area contributed by atoms with E-state index in [4.69, 9.17) is 26.1 Å². The smallest absolute Gasteiger partial charge is 0.357 e. The van der Waals surface area contributed by atoms with Crippen LogP contribution in [-0.4, -0.2) is 17.3 Å². The summed E-state index contributed by atoms with van der Waals surface area (Å²) in [6, 6.07) is 7.93. The first-order chi connectivity index (χ1) is 14.4. The van der Waals surface area contributed by atoms with Gasteiger partial charge in [-0.1, -0.05) is 12.1 Å². The number of rotatable bonds is 4. The maximum absolute atomic E-state index is 13.2. The number of aryl methyl sites for hydroxylation is 2. The number of ether oxygens (including phenoxy) is 2. The molecule has 1 aliphatic rings. The Hall–Kier alpha value is -2.99. The van der Waals surface area contributed by atoms with Crippen LogP contribution in [0.5, 0.6) is 5.75 Å². The number of methoxy groups -OCH3 is 1. The van der Waals surface area contributed by atoms with Gasteiger partial charge >= 0.3 is 10.9 Å². The molecule has 1 fully saturated rings. The van der Waals surface area contributed by atoms with Crippen molar-refractivity contribution in [3.63, 3.8) is 0 Å². The quantitative estimate of drug-likeness (QED) is 0.520. The Kier molecular flexibility index (Phi) is 5.43. The zero-order chi connectivity index (χ0) is 21.4. The van der Waals surface area contributed by atoms with Gasteiger partial charge in [-0.25, -0.2) is 4.79 Å². The van der Waals surface area contributed by atoms with Crippen molar-refractivity contribution in [2.24, 2.45) is 0 Å². The first-order valence-corrected chi connectivity index (χ1v) is 10.3. The minimum absolute atomic E-state index is 0.0630. The van der Waals surface area contributed by atoms with Gasteiger partial charge in [-0.15, -0.1) is 0 Å². The molecule has 154 valence electrons. The number of hydrogen-bond acceptors (Lipinski definition) is 6. The molecule has 4 rings (SSSR count). The molecule has 2 heterocycles. The van der Waals surface area contributed by atoms with Gasteiger partial charge in [0.15, 0.2) is 5.75 Å². The first-order valence-electron chi connectivity index (χ1n) is 9.86. The van der Waals surface area contributed by atoms with E-state index >= 15 is 0 Å². The van der Waals surface area contributed by atoms with Crippen molar-refractivity contribution in [3.05, 3.63) is 69.3 Å². The fourth-order valence-corrected chi connectivity index (χ4v) is 3.97. The second-order valence-corrected chi connectivity index (χ2v) is 7.98. The third-order valence-corrected chi connectivity index (χ3v) is 5.69. The molecule has 0 amide bonds. The van der Waals surface area contributed by atoms with Crippen LogP contribution < -0.4 is 10.4 Å². The molecule has 1 aromatic carbocycles. The Balaban J connectivity index is 1.97. The average Bonchev–Trinajstić information content (AvgIpc) is 3.57. The highest BCUT2D eigenvalue weighted by Gasteiger charge is 2.28. The van der Waals surface area contributed by atoms with Crippen LogP contribution in [0, 0.1) is 20.8 Å². The summed E-state index contributed by atoms with van der Waals surface area (Å²) in [5.41, 5.74) is 5.35. The summed E-state index contributed by atoms with van der Waals surface area (Å²) in [5, 5.41) is -0.0630. The lowest BCUT2D eigenvalue weighted by molar-refractivity contribution is 0.313. The zero-order valence-electron chi connectivity index (χ0n) is 17.4. The summed E-state index contributed by atoms with van der Waals surface area (Å²) >= 11 is 5.15. The van der Waals surface area contributed by atoms with E-state index in [1.165, 1.54) is 25.5 Å². The largest absolute Gasteiger partial charge is 0.460 e. The second-order valence-electron chi connectivity index (χ2n) is 7.65. The van der Waals surface area contributed by atoms with Crippen molar-refractivity contribution in [2.75, 3.05) is 7.11 Å². The number of thiocarbonyl (C=S) groups is 1. The van der Waals surface area contributed by atoms with E-state index in [1.54, 1.807) is 18.5 Å². The predicted molar refractivity (Wildman–Crippen MR) is 120 cm³/mol. The maximum Gasteiger partial charge on any atom is 0.357 e. The molecule has 0 bridgehead atoms. The van der Waals surface area contributed by atoms with Crippen molar-refractivity contribution in [2.45, 2.75) is 39.5 Å². The van der Waals surface area contributed by atoms with Crippen molar-refractivity contribution < 1.29 is 13.9 Å². The Morgan fingerprint density at radius 2 is 1.87 bits per heavy atom. The summed E-state index contributed by atoms with van der Waals surface area (Å²) in [5.74, 6) is 1.37. The van der Waals surface area contributed by atoms with Crippen LogP contribution in [0.15, 0.2) is 45.9 Å². The maximum atomic E-state index is 13.2. The Labute approximate surface area is 180 Å². The van der Waals surface area contributed by atoms with E-state index in [0.29, 0.717) is 34.1 Å². The Morgan fingerprint density at radius 3 is 2.43 bits per heavy atom. The molecule has 30 heavy (non-hydrogen) atoms. The average molecular weight is 422 g/mol. The van der Waals surface area contributed by atoms with Crippen LogP contribution in [0.2, 0.25) is 0 Å². The lowest BCUT2D eigenvalue weighted by Crippen LogP contribution is -2.15. The van der Waals surface area contributed by atoms with E-state index in [0.717, 1.165) is 16.7 Å². The molecule has 1 aliphatic carbocycles. The Bertz CT molecular complexity index is 1160. The van der Waals surface area contributed by atoms with Gasteiger partial charge in [-0.3, -0.25) is 4.98 Å². The molecule has 1 saturated carbocycles. The molecule has 0 N–H and O–H groups in total. The minimum Gasteiger partial charge on any atom is -0.460 e. The number of hydrogen-bond donors (Lipinski definition) is 0. The monoisotopic (exact) mass is 421 g/mol. The summed E-state index contributed by atoms with van der Waals surface area (Å²) in [6.45, 7) is 5.86. The van der Waals surface area contributed by atoms with Gasteiger partial charge in [0.25, 0.3) is 0 Å². The number of aromatic nitrogens is 1. The molecular weight excluding hydrogens is 398 g/mol. The van der Waals surface area contributed by atoms with Crippen LogP contribution in [0.25, 0.3) is 22.5 Å². The van der Waals surface area contributed by atoms with Crippen molar-refractivity contribution in [1.29, 1.82) is 0 Å². The van der Waals surface area contributed by atoms with Gasteiger partial charge in [-0.05, 0) is 73.9 Å². The number of benzene rings is 1. The minimum atomic E-state index is -0.487. The fraction of sp³-hybridized carbons (Fsp3) is 0.292.